The molecule has 0 amide bonds. The van der Waals surface area contributed by atoms with Crippen LogP contribution in [0.5, 0.6) is 0 Å². The minimum absolute atomic E-state index is 0.0479. The van der Waals surface area contributed by atoms with Gasteiger partial charge in [0.25, 0.3) is 0 Å². The van der Waals surface area contributed by atoms with Crippen molar-refractivity contribution in [2.75, 3.05) is 7.05 Å². The fourth-order valence-corrected chi connectivity index (χ4v) is 5.29. The topological polar surface area (TPSA) is 37.4 Å². The molecule has 7 heteroatoms. The summed E-state index contributed by atoms with van der Waals surface area (Å²) in [5.41, 5.74) is 0. The minimum Gasteiger partial charge on any atom is -0.207 e. The maximum absolute atomic E-state index is 13.2. The number of nitrogens with zero attached hydrogens (tertiary/aromatic N) is 1. The van der Waals surface area contributed by atoms with Crippen molar-refractivity contribution in [3.05, 3.63) is 26.9 Å². The third kappa shape index (κ3) is 3.12. The predicted molar refractivity (Wildman–Crippen MR) is 76.5 cm³/mol. The Morgan fingerprint density at radius 2 is 1.78 bits per heavy atom. The van der Waals surface area contributed by atoms with Crippen LogP contribution in [0.1, 0.15) is 20.3 Å². The molecule has 0 aliphatic carbocycles. The van der Waals surface area contributed by atoms with E-state index in [0.29, 0.717) is 6.42 Å². The van der Waals surface area contributed by atoms with Gasteiger partial charge in [-0.2, -0.15) is 4.31 Å². The highest BCUT2D eigenvalue weighted by Gasteiger charge is 2.29. The van der Waals surface area contributed by atoms with Crippen LogP contribution in [0.3, 0.4) is 0 Å². The molecule has 0 spiro atoms. The van der Waals surface area contributed by atoms with Crippen molar-refractivity contribution in [1.29, 1.82) is 0 Å². The largest absolute Gasteiger partial charge is 0.245 e. The summed E-state index contributed by atoms with van der Waals surface area (Å²) in [5.74, 6) is -0.501. The molecule has 0 bridgehead atoms. The summed E-state index contributed by atoms with van der Waals surface area (Å²) in [6.07, 6.45) is 0.701. The van der Waals surface area contributed by atoms with Gasteiger partial charge in [0, 0.05) is 22.0 Å². The number of sulfonamides is 1. The van der Waals surface area contributed by atoms with Crippen LogP contribution in [0.4, 0.5) is 4.39 Å². The van der Waals surface area contributed by atoms with E-state index in [1.165, 1.54) is 11.4 Å². The number of benzene rings is 1. The van der Waals surface area contributed by atoms with Gasteiger partial charge in [0.05, 0.1) is 0 Å². The highest BCUT2D eigenvalue weighted by molar-refractivity contribution is 9.11. The van der Waals surface area contributed by atoms with E-state index in [-0.39, 0.29) is 19.9 Å². The van der Waals surface area contributed by atoms with Gasteiger partial charge in [-0.3, -0.25) is 0 Å². The lowest BCUT2D eigenvalue weighted by atomic mass is 10.3. The lowest BCUT2D eigenvalue weighted by Crippen LogP contribution is -2.35. The Morgan fingerprint density at radius 1 is 1.33 bits per heavy atom. The van der Waals surface area contributed by atoms with Crippen LogP contribution in [-0.2, 0) is 10.0 Å². The molecule has 0 fully saturated rings. The van der Waals surface area contributed by atoms with Gasteiger partial charge in [-0.1, -0.05) is 6.92 Å². The molecule has 1 aromatic carbocycles. The monoisotopic (exact) mass is 401 g/mol. The second-order valence-corrected chi connectivity index (χ2v) is 7.62. The van der Waals surface area contributed by atoms with Crippen LogP contribution in [0.2, 0.25) is 0 Å². The molecule has 1 atom stereocenters. The van der Waals surface area contributed by atoms with Gasteiger partial charge in [-0.15, -0.1) is 0 Å². The molecule has 0 heterocycles. The van der Waals surface area contributed by atoms with Gasteiger partial charge >= 0.3 is 0 Å². The Morgan fingerprint density at radius 3 is 2.17 bits per heavy atom. The summed E-state index contributed by atoms with van der Waals surface area (Å²) in [5, 5.41) is 0. The van der Waals surface area contributed by atoms with Crippen molar-refractivity contribution in [2.24, 2.45) is 0 Å². The Labute approximate surface area is 124 Å². The zero-order valence-corrected chi connectivity index (χ0v) is 14.2. The standard InChI is InChI=1S/C11H14Br2FNO2S/c1-4-7(2)15(3)18(16,17)11-9(12)5-8(14)6-10(11)13/h5-7H,4H2,1-3H3. The lowest BCUT2D eigenvalue weighted by Gasteiger charge is -2.24. The molecule has 0 N–H and O–H groups in total. The van der Waals surface area contributed by atoms with Gasteiger partial charge in [-0.05, 0) is 57.3 Å². The van der Waals surface area contributed by atoms with Gasteiger partial charge in [0.1, 0.15) is 10.7 Å². The van der Waals surface area contributed by atoms with E-state index in [1.807, 2.05) is 13.8 Å². The maximum Gasteiger partial charge on any atom is 0.245 e. The first-order chi connectivity index (χ1) is 8.21. The number of hydrogen-bond donors (Lipinski definition) is 0. The Hall–Kier alpha value is 0.0200. The molecule has 0 saturated carbocycles. The van der Waals surface area contributed by atoms with Crippen molar-refractivity contribution < 1.29 is 12.8 Å². The molecule has 0 saturated heterocycles. The van der Waals surface area contributed by atoms with Crippen molar-refractivity contribution in [3.63, 3.8) is 0 Å². The summed E-state index contributed by atoms with van der Waals surface area (Å²) in [6.45, 7) is 3.73. The molecular weight excluding hydrogens is 389 g/mol. The predicted octanol–water partition coefficient (Wildman–Crippen LogP) is 3.77. The van der Waals surface area contributed by atoms with Crippen molar-refractivity contribution >= 4 is 41.9 Å². The van der Waals surface area contributed by atoms with E-state index in [0.717, 1.165) is 12.1 Å². The third-order valence-electron chi connectivity index (χ3n) is 2.81. The van der Waals surface area contributed by atoms with Gasteiger partial charge < -0.3 is 0 Å². The summed E-state index contributed by atoms with van der Waals surface area (Å²) in [6, 6.07) is 2.16. The minimum atomic E-state index is -3.66. The normalized spacial score (nSPS) is 13.9. The second kappa shape index (κ2) is 5.98. The lowest BCUT2D eigenvalue weighted by molar-refractivity contribution is 0.380. The van der Waals surface area contributed by atoms with Crippen LogP contribution < -0.4 is 0 Å². The number of rotatable bonds is 4. The van der Waals surface area contributed by atoms with Gasteiger partial charge in [-0.25, -0.2) is 12.8 Å². The second-order valence-electron chi connectivity index (χ2n) is 3.98. The Kier molecular flexibility index (Phi) is 5.34. The van der Waals surface area contributed by atoms with E-state index in [4.69, 9.17) is 0 Å². The van der Waals surface area contributed by atoms with E-state index in [2.05, 4.69) is 31.9 Å². The van der Waals surface area contributed by atoms with E-state index in [9.17, 15) is 12.8 Å². The quantitative estimate of drug-likeness (QED) is 0.768. The molecule has 102 valence electrons. The van der Waals surface area contributed by atoms with Crippen LogP contribution in [0, 0.1) is 5.82 Å². The smallest absolute Gasteiger partial charge is 0.207 e. The highest BCUT2D eigenvalue weighted by Crippen LogP contribution is 2.33. The first-order valence-electron chi connectivity index (χ1n) is 5.34. The third-order valence-corrected chi connectivity index (χ3v) is 6.66. The SMILES string of the molecule is CCC(C)N(C)S(=O)(=O)c1c(Br)cc(F)cc1Br. The zero-order chi connectivity index (χ0) is 14.1. The zero-order valence-electron chi connectivity index (χ0n) is 10.2. The molecule has 0 radical (unpaired) electrons. The van der Waals surface area contributed by atoms with Crippen LogP contribution in [-0.4, -0.2) is 25.8 Å². The summed E-state index contributed by atoms with van der Waals surface area (Å²) in [4.78, 5) is 0.0479. The first-order valence-corrected chi connectivity index (χ1v) is 8.37. The highest BCUT2D eigenvalue weighted by atomic mass is 79.9. The average Bonchev–Trinajstić information content (AvgIpc) is 2.24. The van der Waals surface area contributed by atoms with E-state index >= 15 is 0 Å². The molecule has 1 unspecified atom stereocenters. The molecule has 3 nitrogen and oxygen atoms in total. The number of halogens is 3. The Bertz CT molecular complexity index is 525. The van der Waals surface area contributed by atoms with Gasteiger partial charge in [0.2, 0.25) is 10.0 Å². The molecular formula is C11H14Br2FNO2S. The fraction of sp³-hybridized carbons (Fsp3) is 0.455. The fourth-order valence-electron chi connectivity index (χ4n) is 1.41. The molecule has 0 aromatic heterocycles. The molecule has 0 aliphatic rings. The van der Waals surface area contributed by atoms with E-state index in [1.54, 1.807) is 0 Å². The molecule has 0 aliphatic heterocycles. The van der Waals surface area contributed by atoms with Crippen molar-refractivity contribution in [1.82, 2.24) is 4.31 Å². The first kappa shape index (κ1) is 16.1. The van der Waals surface area contributed by atoms with Crippen LogP contribution >= 0.6 is 31.9 Å². The van der Waals surface area contributed by atoms with Crippen LogP contribution in [0.15, 0.2) is 26.0 Å². The maximum atomic E-state index is 13.2. The van der Waals surface area contributed by atoms with Crippen LogP contribution in [0.25, 0.3) is 0 Å². The van der Waals surface area contributed by atoms with E-state index < -0.39 is 15.8 Å². The molecule has 1 aromatic rings. The van der Waals surface area contributed by atoms with Crippen molar-refractivity contribution in [3.8, 4) is 0 Å². The molecule has 18 heavy (non-hydrogen) atoms. The Balaban J connectivity index is 3.38. The summed E-state index contributed by atoms with van der Waals surface area (Å²) < 4.78 is 39.7. The average molecular weight is 403 g/mol. The summed E-state index contributed by atoms with van der Waals surface area (Å²) in [7, 11) is -2.14. The van der Waals surface area contributed by atoms with Gasteiger partial charge in [0.15, 0.2) is 0 Å². The summed E-state index contributed by atoms with van der Waals surface area (Å²) >= 11 is 6.19. The molecule has 1 rings (SSSR count). The number of hydrogen-bond acceptors (Lipinski definition) is 2. The van der Waals surface area contributed by atoms with Crippen molar-refractivity contribution in [2.45, 2.75) is 31.2 Å².